The SMILES string of the molecule is CCC(Sc1nnc2ccc3ccccc3n12)C(=O)Nc1ccc(S(=O)(=O)N2CCOCC2)cc1. The highest BCUT2D eigenvalue weighted by atomic mass is 32.2. The molecule has 4 aromatic rings. The average Bonchev–Trinajstić information content (AvgIpc) is 3.31. The Morgan fingerprint density at radius 3 is 2.54 bits per heavy atom. The number of amides is 1. The van der Waals surface area contributed by atoms with E-state index in [0.717, 1.165) is 16.6 Å². The van der Waals surface area contributed by atoms with Gasteiger partial charge in [-0.25, -0.2) is 8.42 Å². The van der Waals surface area contributed by atoms with Crippen molar-refractivity contribution in [1.82, 2.24) is 18.9 Å². The third kappa shape index (κ3) is 4.76. The Bertz CT molecular complexity index is 1460. The van der Waals surface area contributed by atoms with E-state index in [2.05, 4.69) is 15.5 Å². The molecular formula is C24H25N5O4S2. The van der Waals surface area contributed by atoms with Gasteiger partial charge < -0.3 is 10.1 Å². The summed E-state index contributed by atoms with van der Waals surface area (Å²) in [5.41, 5.74) is 2.23. The van der Waals surface area contributed by atoms with E-state index in [1.165, 1.54) is 28.2 Å². The zero-order valence-electron chi connectivity index (χ0n) is 19.1. The number of hydrogen-bond acceptors (Lipinski definition) is 7. The quantitative estimate of drug-likeness (QED) is 0.379. The van der Waals surface area contributed by atoms with Crippen molar-refractivity contribution < 1.29 is 17.9 Å². The van der Waals surface area contributed by atoms with E-state index in [1.54, 1.807) is 12.1 Å². The summed E-state index contributed by atoms with van der Waals surface area (Å²) < 4.78 is 34.3. The Morgan fingerprint density at radius 1 is 1.06 bits per heavy atom. The number of sulfonamides is 1. The second-order valence-electron chi connectivity index (χ2n) is 8.11. The molecule has 5 rings (SSSR count). The Hall–Kier alpha value is -2.99. The Kier molecular flexibility index (Phi) is 6.74. The van der Waals surface area contributed by atoms with Gasteiger partial charge in [0, 0.05) is 18.8 Å². The van der Waals surface area contributed by atoms with E-state index in [-0.39, 0.29) is 10.8 Å². The number of aromatic nitrogens is 3. The number of morpholine rings is 1. The van der Waals surface area contributed by atoms with Gasteiger partial charge in [-0.15, -0.1) is 10.2 Å². The molecule has 1 amide bonds. The van der Waals surface area contributed by atoms with E-state index in [1.807, 2.05) is 47.7 Å². The van der Waals surface area contributed by atoms with Crippen molar-refractivity contribution in [2.75, 3.05) is 31.6 Å². The molecule has 3 heterocycles. The lowest BCUT2D eigenvalue weighted by molar-refractivity contribution is -0.115. The number of fused-ring (bicyclic) bond motifs is 3. The van der Waals surface area contributed by atoms with Crippen LogP contribution in [0.25, 0.3) is 16.6 Å². The topological polar surface area (TPSA) is 106 Å². The van der Waals surface area contributed by atoms with Crippen LogP contribution in [0.5, 0.6) is 0 Å². The number of carbonyl (C=O) groups excluding carboxylic acids is 1. The molecule has 9 nitrogen and oxygen atoms in total. The van der Waals surface area contributed by atoms with Crippen molar-refractivity contribution in [2.24, 2.45) is 0 Å². The summed E-state index contributed by atoms with van der Waals surface area (Å²) in [5.74, 6) is -0.182. The second kappa shape index (κ2) is 9.94. The fourth-order valence-electron chi connectivity index (χ4n) is 4.01. The van der Waals surface area contributed by atoms with Gasteiger partial charge in [0.1, 0.15) is 0 Å². The van der Waals surface area contributed by atoms with E-state index in [4.69, 9.17) is 4.74 Å². The molecule has 2 aromatic heterocycles. The van der Waals surface area contributed by atoms with Crippen molar-refractivity contribution in [3.8, 4) is 0 Å². The van der Waals surface area contributed by atoms with Crippen LogP contribution in [0.3, 0.4) is 0 Å². The number of rotatable bonds is 7. The Balaban J connectivity index is 1.32. The third-order valence-corrected chi connectivity index (χ3v) is 9.11. The smallest absolute Gasteiger partial charge is 0.243 e. The average molecular weight is 512 g/mol. The predicted octanol–water partition coefficient (Wildman–Crippen LogP) is 3.41. The first kappa shape index (κ1) is 23.7. The van der Waals surface area contributed by atoms with E-state index < -0.39 is 15.3 Å². The third-order valence-electron chi connectivity index (χ3n) is 5.89. The van der Waals surface area contributed by atoms with E-state index in [9.17, 15) is 13.2 Å². The maximum absolute atomic E-state index is 13.1. The van der Waals surface area contributed by atoms with Crippen molar-refractivity contribution in [3.05, 3.63) is 60.7 Å². The van der Waals surface area contributed by atoms with Crippen LogP contribution in [0, 0.1) is 0 Å². The molecule has 1 saturated heterocycles. The van der Waals surface area contributed by atoms with Gasteiger partial charge in [-0.05, 0) is 54.3 Å². The molecule has 2 aromatic carbocycles. The zero-order chi connectivity index (χ0) is 24.4. The highest BCUT2D eigenvalue weighted by molar-refractivity contribution is 8.00. The molecule has 0 spiro atoms. The van der Waals surface area contributed by atoms with E-state index >= 15 is 0 Å². The minimum absolute atomic E-state index is 0.182. The first-order valence-electron chi connectivity index (χ1n) is 11.4. The molecule has 1 atom stereocenters. The van der Waals surface area contributed by atoms with Crippen LogP contribution in [0.1, 0.15) is 13.3 Å². The van der Waals surface area contributed by atoms with Gasteiger partial charge in [0.15, 0.2) is 10.8 Å². The van der Waals surface area contributed by atoms with Crippen LogP contribution in [-0.4, -0.2) is 64.8 Å². The van der Waals surface area contributed by atoms with Crippen LogP contribution in [0.15, 0.2) is 70.7 Å². The van der Waals surface area contributed by atoms with Gasteiger partial charge in [0.25, 0.3) is 0 Å². The predicted molar refractivity (Wildman–Crippen MR) is 135 cm³/mol. The van der Waals surface area contributed by atoms with Gasteiger partial charge in [-0.2, -0.15) is 4.31 Å². The minimum atomic E-state index is -3.58. The number of benzene rings is 2. The lowest BCUT2D eigenvalue weighted by Gasteiger charge is -2.26. The van der Waals surface area contributed by atoms with Gasteiger partial charge in [0.2, 0.25) is 15.9 Å². The van der Waals surface area contributed by atoms with Crippen LogP contribution < -0.4 is 5.32 Å². The number of thioether (sulfide) groups is 1. The number of nitrogens with one attached hydrogen (secondary N) is 1. The van der Waals surface area contributed by atoms with Gasteiger partial charge in [-0.1, -0.05) is 36.9 Å². The highest BCUT2D eigenvalue weighted by Gasteiger charge is 2.26. The van der Waals surface area contributed by atoms with Gasteiger partial charge >= 0.3 is 0 Å². The molecular weight excluding hydrogens is 486 g/mol. The molecule has 0 bridgehead atoms. The fraction of sp³-hybridized carbons (Fsp3) is 0.292. The first-order chi connectivity index (χ1) is 17.0. The molecule has 1 N–H and O–H groups in total. The van der Waals surface area contributed by atoms with Crippen molar-refractivity contribution in [2.45, 2.75) is 28.6 Å². The van der Waals surface area contributed by atoms with Crippen LogP contribution in [0.4, 0.5) is 5.69 Å². The molecule has 182 valence electrons. The standard InChI is InChI=1S/C24H25N5O4S2/c1-2-21(34-24-27-26-22-12-7-17-5-3-4-6-20(17)29(22)24)23(30)25-18-8-10-19(11-9-18)35(31,32)28-13-15-33-16-14-28/h3-12,21H,2,13-16H2,1H3,(H,25,30). The number of anilines is 1. The molecule has 1 aliphatic heterocycles. The molecule has 0 aliphatic carbocycles. The summed E-state index contributed by atoms with van der Waals surface area (Å²) in [4.78, 5) is 13.3. The molecule has 35 heavy (non-hydrogen) atoms. The summed E-state index contributed by atoms with van der Waals surface area (Å²) in [6, 6.07) is 18.1. The molecule has 0 radical (unpaired) electrons. The number of ether oxygens (including phenoxy) is 1. The number of nitrogens with zero attached hydrogens (tertiary/aromatic N) is 4. The molecule has 1 aliphatic rings. The number of carbonyl (C=O) groups is 1. The van der Waals surface area contributed by atoms with Crippen LogP contribution >= 0.6 is 11.8 Å². The normalized spacial score (nSPS) is 15.9. The van der Waals surface area contributed by atoms with Crippen molar-refractivity contribution in [3.63, 3.8) is 0 Å². The minimum Gasteiger partial charge on any atom is -0.379 e. The Morgan fingerprint density at radius 2 is 1.80 bits per heavy atom. The Labute approximate surface area is 207 Å². The second-order valence-corrected chi connectivity index (χ2v) is 11.2. The molecule has 11 heteroatoms. The number of hydrogen-bond donors (Lipinski definition) is 1. The maximum Gasteiger partial charge on any atom is 0.243 e. The first-order valence-corrected chi connectivity index (χ1v) is 13.7. The highest BCUT2D eigenvalue weighted by Crippen LogP contribution is 2.28. The summed E-state index contributed by atoms with van der Waals surface area (Å²) in [5, 5.41) is 12.8. The summed E-state index contributed by atoms with van der Waals surface area (Å²) >= 11 is 1.36. The van der Waals surface area contributed by atoms with Crippen molar-refractivity contribution >= 4 is 49.9 Å². The molecule has 1 unspecified atom stereocenters. The summed E-state index contributed by atoms with van der Waals surface area (Å²) in [6.07, 6.45) is 0.583. The summed E-state index contributed by atoms with van der Waals surface area (Å²) in [7, 11) is -3.58. The lowest BCUT2D eigenvalue weighted by atomic mass is 10.2. The van der Waals surface area contributed by atoms with Gasteiger partial charge in [0.05, 0.1) is 28.9 Å². The largest absolute Gasteiger partial charge is 0.379 e. The maximum atomic E-state index is 13.1. The molecule has 0 saturated carbocycles. The molecule has 1 fully saturated rings. The number of pyridine rings is 1. The van der Waals surface area contributed by atoms with E-state index in [0.29, 0.717) is 43.6 Å². The monoisotopic (exact) mass is 511 g/mol. The van der Waals surface area contributed by atoms with Crippen LogP contribution in [0.2, 0.25) is 0 Å². The fourth-order valence-corrected chi connectivity index (χ4v) is 6.39. The van der Waals surface area contributed by atoms with Crippen LogP contribution in [-0.2, 0) is 19.6 Å². The number of para-hydroxylation sites is 1. The summed E-state index contributed by atoms with van der Waals surface area (Å²) in [6.45, 7) is 3.39. The zero-order valence-corrected chi connectivity index (χ0v) is 20.8. The van der Waals surface area contributed by atoms with Crippen molar-refractivity contribution in [1.29, 1.82) is 0 Å². The van der Waals surface area contributed by atoms with Gasteiger partial charge in [-0.3, -0.25) is 9.20 Å². The lowest BCUT2D eigenvalue weighted by Crippen LogP contribution is -2.40.